The van der Waals surface area contributed by atoms with Crippen LogP contribution >= 0.6 is 23.5 Å². The predicted molar refractivity (Wildman–Crippen MR) is 101 cm³/mol. The standard InChI is InChI=1S/C23H16N2S2/c24-5-7(6-25)10-11-13-15-12(10)16-14(11)18-17(13)21-19(15)20(16)22(18)23(21)26-8-3-1-2-4-9(8)27-23/h1-4,11-22H. The van der Waals surface area contributed by atoms with Crippen molar-refractivity contribution >= 4 is 23.5 Å². The minimum Gasteiger partial charge on any atom is -0.192 e. The van der Waals surface area contributed by atoms with Crippen LogP contribution in [-0.2, 0) is 0 Å². The summed E-state index contributed by atoms with van der Waals surface area (Å²) in [4.78, 5) is 3.06. The summed E-state index contributed by atoms with van der Waals surface area (Å²) in [5, 5.41) is 19.2. The summed E-state index contributed by atoms with van der Waals surface area (Å²) >= 11 is 4.49. The molecule has 1 spiro atoms. The van der Waals surface area contributed by atoms with Crippen molar-refractivity contribution in [3.8, 4) is 12.1 Å². The molecule has 27 heavy (non-hydrogen) atoms. The highest BCUT2D eigenvalue weighted by Crippen LogP contribution is 2.98. The van der Waals surface area contributed by atoms with E-state index in [9.17, 15) is 10.5 Å². The molecule has 0 aromatic heterocycles. The third-order valence-electron chi connectivity index (χ3n) is 10.4. The van der Waals surface area contributed by atoms with E-state index in [-0.39, 0.29) is 0 Å². The average molecular weight is 385 g/mol. The fraction of sp³-hybridized carbons (Fsp3) is 0.565. The molecule has 8 saturated carbocycles. The lowest BCUT2D eigenvalue weighted by Gasteiger charge is -2.30. The summed E-state index contributed by atoms with van der Waals surface area (Å²) < 4.78 is 0.429. The lowest BCUT2D eigenvalue weighted by Crippen LogP contribution is -2.28. The molecule has 8 aliphatic carbocycles. The molecule has 9 aliphatic rings. The van der Waals surface area contributed by atoms with Crippen molar-refractivity contribution in [3.05, 3.63) is 35.4 Å². The van der Waals surface area contributed by atoms with E-state index >= 15 is 0 Å². The number of hydrogen-bond acceptors (Lipinski definition) is 4. The van der Waals surface area contributed by atoms with E-state index in [0.29, 0.717) is 21.5 Å². The molecule has 8 fully saturated rings. The zero-order valence-corrected chi connectivity index (χ0v) is 16.1. The second-order valence-corrected chi connectivity index (χ2v) is 13.0. The number of rotatable bonds is 0. The lowest BCUT2D eigenvalue weighted by molar-refractivity contribution is 0.220. The van der Waals surface area contributed by atoms with Gasteiger partial charge in [-0.15, -0.1) is 23.5 Å². The molecular weight excluding hydrogens is 368 g/mol. The van der Waals surface area contributed by atoms with E-state index in [1.807, 2.05) is 0 Å². The van der Waals surface area contributed by atoms with Gasteiger partial charge in [-0.1, -0.05) is 12.1 Å². The first-order valence-electron chi connectivity index (χ1n) is 10.3. The third-order valence-corrected chi connectivity index (χ3v) is 13.9. The molecule has 8 atom stereocenters. The van der Waals surface area contributed by atoms with Crippen LogP contribution < -0.4 is 0 Å². The quantitative estimate of drug-likeness (QED) is 0.622. The first-order valence-corrected chi connectivity index (χ1v) is 12.0. The second-order valence-electron chi connectivity index (χ2n) is 10.1. The summed E-state index contributed by atoms with van der Waals surface area (Å²) in [7, 11) is 0. The molecule has 4 heteroatoms. The van der Waals surface area contributed by atoms with Crippen molar-refractivity contribution in [2.24, 2.45) is 71.0 Å². The molecule has 0 saturated heterocycles. The van der Waals surface area contributed by atoms with Crippen LogP contribution in [0.1, 0.15) is 0 Å². The molecule has 1 aromatic rings. The van der Waals surface area contributed by atoms with E-state index in [1.54, 1.807) is 0 Å². The van der Waals surface area contributed by atoms with E-state index in [4.69, 9.17) is 0 Å². The minimum absolute atomic E-state index is 0.429. The van der Waals surface area contributed by atoms with Crippen molar-refractivity contribution in [2.45, 2.75) is 13.9 Å². The highest BCUT2D eigenvalue weighted by molar-refractivity contribution is 8.20. The second kappa shape index (κ2) is 3.74. The molecule has 8 unspecified atom stereocenters. The number of benzene rings is 1. The number of fused-ring (bicyclic) bond motifs is 1. The van der Waals surface area contributed by atoms with Crippen LogP contribution in [0.2, 0.25) is 0 Å². The Kier molecular flexibility index (Phi) is 1.91. The van der Waals surface area contributed by atoms with Crippen LogP contribution in [0.3, 0.4) is 0 Å². The number of nitrogens with zero attached hydrogens (tertiary/aromatic N) is 2. The molecule has 0 N–H and O–H groups in total. The number of allylic oxidation sites excluding steroid dienone is 2. The summed E-state index contributed by atoms with van der Waals surface area (Å²) in [6.45, 7) is 0. The third kappa shape index (κ3) is 1.01. The Balaban J connectivity index is 1.27. The fourth-order valence-electron chi connectivity index (χ4n) is 11.0. The van der Waals surface area contributed by atoms with Gasteiger partial charge in [0.25, 0.3) is 0 Å². The Morgan fingerprint density at radius 3 is 1.59 bits per heavy atom. The van der Waals surface area contributed by atoms with Gasteiger partial charge < -0.3 is 0 Å². The molecule has 1 heterocycles. The Bertz CT molecular complexity index is 1010. The van der Waals surface area contributed by atoms with Gasteiger partial charge in [-0.2, -0.15) is 10.5 Å². The van der Waals surface area contributed by atoms with E-state index in [2.05, 4.69) is 59.9 Å². The fourth-order valence-corrected chi connectivity index (χ4v) is 15.1. The van der Waals surface area contributed by atoms with Crippen LogP contribution in [0.5, 0.6) is 0 Å². The summed E-state index contributed by atoms with van der Waals surface area (Å²) in [5.74, 6) is 9.91. The van der Waals surface area contributed by atoms with Gasteiger partial charge in [0.15, 0.2) is 0 Å². The smallest absolute Gasteiger partial charge is 0.129 e. The summed E-state index contributed by atoms with van der Waals surface area (Å²) in [6.07, 6.45) is 0. The highest BCUT2D eigenvalue weighted by atomic mass is 32.2. The van der Waals surface area contributed by atoms with Crippen molar-refractivity contribution in [1.82, 2.24) is 0 Å². The SMILES string of the molecule is N#CC(C#N)=C1C2C3C4C1C1C2C2C3C3C4C1C2C31Sc2ccccc2S1. The minimum atomic E-state index is 0.429. The molecule has 0 amide bonds. The lowest BCUT2D eigenvalue weighted by atomic mass is 9.80. The average Bonchev–Trinajstić information content (AvgIpc) is 3.44. The largest absolute Gasteiger partial charge is 0.192 e. The highest BCUT2D eigenvalue weighted by Gasteiger charge is 2.95. The molecule has 130 valence electrons. The van der Waals surface area contributed by atoms with Crippen LogP contribution in [0.25, 0.3) is 0 Å². The molecule has 1 aliphatic heterocycles. The van der Waals surface area contributed by atoms with E-state index < -0.39 is 0 Å². The van der Waals surface area contributed by atoms with Gasteiger partial charge in [0, 0.05) is 9.79 Å². The molecule has 4 bridgehead atoms. The Morgan fingerprint density at radius 1 is 0.741 bits per heavy atom. The molecule has 1 aromatic carbocycles. The first kappa shape index (κ1) is 13.8. The van der Waals surface area contributed by atoms with E-state index in [0.717, 1.165) is 59.2 Å². The monoisotopic (exact) mass is 384 g/mol. The maximum Gasteiger partial charge on any atom is 0.129 e. The normalized spacial score (nSPS) is 58.2. The zero-order chi connectivity index (χ0) is 17.4. The molecular formula is C23H16N2S2. The van der Waals surface area contributed by atoms with Crippen LogP contribution in [0.4, 0.5) is 0 Å². The Morgan fingerprint density at radius 2 is 1.19 bits per heavy atom. The van der Waals surface area contributed by atoms with Gasteiger partial charge in [0.2, 0.25) is 0 Å². The van der Waals surface area contributed by atoms with Crippen molar-refractivity contribution in [3.63, 3.8) is 0 Å². The molecule has 0 radical (unpaired) electrons. The summed E-state index contributed by atoms with van der Waals surface area (Å²) in [5.41, 5.74) is 1.86. The Hall–Kier alpha value is -1.36. The number of hydrogen-bond donors (Lipinski definition) is 0. The number of nitriles is 2. The van der Waals surface area contributed by atoms with Crippen molar-refractivity contribution in [2.75, 3.05) is 0 Å². The van der Waals surface area contributed by atoms with Crippen molar-refractivity contribution in [1.29, 1.82) is 10.5 Å². The van der Waals surface area contributed by atoms with Gasteiger partial charge in [0.05, 0.1) is 4.08 Å². The first-order chi connectivity index (χ1) is 13.3. The number of thioether (sulfide) groups is 2. The maximum absolute atomic E-state index is 9.58. The summed E-state index contributed by atoms with van der Waals surface area (Å²) in [6, 6.07) is 13.7. The predicted octanol–water partition coefficient (Wildman–Crippen LogP) is 4.41. The van der Waals surface area contributed by atoms with Crippen LogP contribution in [-0.4, -0.2) is 4.08 Å². The topological polar surface area (TPSA) is 47.6 Å². The van der Waals surface area contributed by atoms with Gasteiger partial charge in [-0.05, 0) is 88.7 Å². The van der Waals surface area contributed by atoms with Gasteiger partial charge >= 0.3 is 0 Å². The van der Waals surface area contributed by atoms with E-state index in [1.165, 1.54) is 15.4 Å². The van der Waals surface area contributed by atoms with Crippen molar-refractivity contribution < 1.29 is 0 Å². The van der Waals surface area contributed by atoms with Gasteiger partial charge in [-0.25, -0.2) is 0 Å². The van der Waals surface area contributed by atoms with Crippen LogP contribution in [0.15, 0.2) is 45.2 Å². The zero-order valence-electron chi connectivity index (χ0n) is 14.4. The van der Waals surface area contributed by atoms with Gasteiger partial charge in [0.1, 0.15) is 17.7 Å². The van der Waals surface area contributed by atoms with Crippen LogP contribution in [0, 0.1) is 93.7 Å². The Labute approximate surface area is 166 Å². The molecule has 10 rings (SSSR count). The van der Waals surface area contributed by atoms with Gasteiger partial charge in [-0.3, -0.25) is 0 Å². The molecule has 2 nitrogen and oxygen atoms in total. The maximum atomic E-state index is 9.58.